The average Bonchev–Trinajstić information content (AvgIpc) is 2.63. The Hall–Kier alpha value is -3.19. The SMILES string of the molecule is Cc1cc(Cl)ccc1NC(=O)COC(=O)c1n[nH]c(=O)c2ccccc12. The summed E-state index contributed by atoms with van der Waals surface area (Å²) < 4.78 is 5.01. The van der Waals surface area contributed by atoms with E-state index in [0.29, 0.717) is 21.5 Å². The van der Waals surface area contributed by atoms with E-state index >= 15 is 0 Å². The maximum atomic E-state index is 12.2. The molecule has 3 aromatic rings. The van der Waals surface area contributed by atoms with Gasteiger partial charge in [0.05, 0.1) is 5.39 Å². The molecule has 0 fully saturated rings. The fraction of sp³-hybridized carbons (Fsp3) is 0.111. The largest absolute Gasteiger partial charge is 0.451 e. The molecule has 0 saturated heterocycles. The summed E-state index contributed by atoms with van der Waals surface area (Å²) in [5.74, 6) is -1.31. The van der Waals surface area contributed by atoms with E-state index in [1.54, 1.807) is 49.4 Å². The molecular formula is C18H14ClN3O4. The number of rotatable bonds is 4. The van der Waals surface area contributed by atoms with Crippen molar-refractivity contribution >= 4 is 39.9 Å². The van der Waals surface area contributed by atoms with Crippen LogP contribution in [0.2, 0.25) is 5.02 Å². The van der Waals surface area contributed by atoms with Crippen LogP contribution in [0, 0.1) is 6.92 Å². The number of aromatic nitrogens is 2. The highest BCUT2D eigenvalue weighted by molar-refractivity contribution is 6.30. The summed E-state index contributed by atoms with van der Waals surface area (Å²) in [6.07, 6.45) is 0. The molecule has 0 spiro atoms. The van der Waals surface area contributed by atoms with Crippen molar-refractivity contribution < 1.29 is 14.3 Å². The third-order valence-electron chi connectivity index (χ3n) is 3.69. The zero-order valence-electron chi connectivity index (χ0n) is 13.7. The number of aromatic amines is 1. The van der Waals surface area contributed by atoms with Gasteiger partial charge in [-0.3, -0.25) is 9.59 Å². The molecular weight excluding hydrogens is 358 g/mol. The quantitative estimate of drug-likeness (QED) is 0.686. The fourth-order valence-electron chi connectivity index (χ4n) is 2.42. The van der Waals surface area contributed by atoms with Gasteiger partial charge in [-0.05, 0) is 36.8 Å². The Balaban J connectivity index is 1.70. The van der Waals surface area contributed by atoms with E-state index in [4.69, 9.17) is 16.3 Å². The van der Waals surface area contributed by atoms with Gasteiger partial charge in [-0.25, -0.2) is 9.89 Å². The number of hydrogen-bond acceptors (Lipinski definition) is 5. The Morgan fingerprint density at radius 3 is 2.65 bits per heavy atom. The number of hydrogen-bond donors (Lipinski definition) is 2. The maximum absolute atomic E-state index is 12.2. The number of benzene rings is 2. The van der Waals surface area contributed by atoms with Gasteiger partial charge in [0, 0.05) is 16.1 Å². The van der Waals surface area contributed by atoms with Gasteiger partial charge in [-0.2, -0.15) is 5.10 Å². The van der Waals surface area contributed by atoms with E-state index in [0.717, 1.165) is 5.56 Å². The Morgan fingerprint density at radius 1 is 1.19 bits per heavy atom. The first-order chi connectivity index (χ1) is 12.5. The highest BCUT2D eigenvalue weighted by Gasteiger charge is 2.17. The molecule has 0 radical (unpaired) electrons. The number of esters is 1. The summed E-state index contributed by atoms with van der Waals surface area (Å²) in [5.41, 5.74) is 0.886. The first-order valence-electron chi connectivity index (χ1n) is 7.66. The van der Waals surface area contributed by atoms with Gasteiger partial charge in [-0.15, -0.1) is 0 Å². The van der Waals surface area contributed by atoms with E-state index < -0.39 is 24.0 Å². The zero-order chi connectivity index (χ0) is 18.7. The maximum Gasteiger partial charge on any atom is 0.359 e. The lowest BCUT2D eigenvalue weighted by Crippen LogP contribution is -2.23. The Labute approximate surface area is 152 Å². The average molecular weight is 372 g/mol. The first-order valence-corrected chi connectivity index (χ1v) is 8.04. The van der Waals surface area contributed by atoms with Gasteiger partial charge < -0.3 is 10.1 Å². The van der Waals surface area contributed by atoms with Crippen LogP contribution in [-0.4, -0.2) is 28.7 Å². The molecule has 0 saturated carbocycles. The zero-order valence-corrected chi connectivity index (χ0v) is 14.5. The third-order valence-corrected chi connectivity index (χ3v) is 3.92. The second-order valence-electron chi connectivity index (χ2n) is 5.53. The van der Waals surface area contributed by atoms with Crippen LogP contribution >= 0.6 is 11.6 Å². The molecule has 1 amide bonds. The number of nitrogens with one attached hydrogen (secondary N) is 2. The van der Waals surface area contributed by atoms with Crippen molar-refractivity contribution in [2.75, 3.05) is 11.9 Å². The Morgan fingerprint density at radius 2 is 1.92 bits per heavy atom. The molecule has 1 aromatic heterocycles. The monoisotopic (exact) mass is 371 g/mol. The van der Waals surface area contributed by atoms with Crippen molar-refractivity contribution in [3.05, 3.63) is 69.1 Å². The third kappa shape index (κ3) is 3.73. The number of amides is 1. The highest BCUT2D eigenvalue weighted by Crippen LogP contribution is 2.19. The number of anilines is 1. The smallest absolute Gasteiger partial charge is 0.359 e. The summed E-state index contributed by atoms with van der Waals surface area (Å²) in [6, 6.07) is 11.5. The molecule has 0 aliphatic carbocycles. The van der Waals surface area contributed by atoms with Crippen LogP contribution in [0.5, 0.6) is 0 Å². The van der Waals surface area contributed by atoms with Gasteiger partial charge in [0.2, 0.25) is 0 Å². The minimum absolute atomic E-state index is 0.0596. The minimum atomic E-state index is -0.805. The summed E-state index contributed by atoms with van der Waals surface area (Å²) in [6.45, 7) is 1.31. The van der Waals surface area contributed by atoms with E-state index in [1.165, 1.54) is 0 Å². The molecule has 0 aliphatic rings. The predicted molar refractivity (Wildman–Crippen MR) is 97.5 cm³/mol. The molecule has 0 unspecified atom stereocenters. The van der Waals surface area contributed by atoms with Crippen molar-refractivity contribution in [1.29, 1.82) is 0 Å². The number of halogens is 1. The van der Waals surface area contributed by atoms with Gasteiger partial charge in [0.25, 0.3) is 11.5 Å². The summed E-state index contributed by atoms with van der Waals surface area (Å²) in [5, 5.41) is 9.85. The van der Waals surface area contributed by atoms with Gasteiger partial charge in [-0.1, -0.05) is 29.8 Å². The van der Waals surface area contributed by atoms with Crippen molar-refractivity contribution in [2.24, 2.45) is 0 Å². The fourth-order valence-corrected chi connectivity index (χ4v) is 2.65. The van der Waals surface area contributed by atoms with Crippen molar-refractivity contribution in [1.82, 2.24) is 10.2 Å². The molecule has 0 bridgehead atoms. The van der Waals surface area contributed by atoms with Gasteiger partial charge in [0.1, 0.15) is 0 Å². The Kier molecular flexibility index (Phi) is 4.99. The van der Waals surface area contributed by atoms with Crippen LogP contribution in [0.15, 0.2) is 47.3 Å². The van der Waals surface area contributed by atoms with Crippen LogP contribution < -0.4 is 10.9 Å². The van der Waals surface area contributed by atoms with Crippen molar-refractivity contribution in [3.63, 3.8) is 0 Å². The van der Waals surface area contributed by atoms with E-state index in [-0.39, 0.29) is 5.69 Å². The second kappa shape index (κ2) is 7.37. The number of carbonyl (C=O) groups is 2. The van der Waals surface area contributed by atoms with Crippen LogP contribution in [0.1, 0.15) is 16.1 Å². The molecule has 0 aliphatic heterocycles. The predicted octanol–water partition coefficient (Wildman–Crippen LogP) is 2.68. The van der Waals surface area contributed by atoms with Gasteiger partial charge in [0.15, 0.2) is 12.3 Å². The first kappa shape index (κ1) is 17.6. The molecule has 8 heteroatoms. The van der Waals surface area contributed by atoms with Crippen LogP contribution in [0.3, 0.4) is 0 Å². The normalized spacial score (nSPS) is 10.5. The van der Waals surface area contributed by atoms with Gasteiger partial charge >= 0.3 is 5.97 Å². The highest BCUT2D eigenvalue weighted by atomic mass is 35.5. The van der Waals surface area contributed by atoms with Crippen LogP contribution in [0.4, 0.5) is 5.69 Å². The summed E-state index contributed by atoms with van der Waals surface area (Å²) in [7, 11) is 0. The number of aryl methyl sites for hydroxylation is 1. The molecule has 2 N–H and O–H groups in total. The van der Waals surface area contributed by atoms with Crippen molar-refractivity contribution in [2.45, 2.75) is 6.92 Å². The van der Waals surface area contributed by atoms with Crippen LogP contribution in [0.25, 0.3) is 10.8 Å². The lowest BCUT2D eigenvalue weighted by molar-refractivity contribution is -0.119. The molecule has 26 heavy (non-hydrogen) atoms. The number of carbonyl (C=O) groups excluding carboxylic acids is 2. The molecule has 7 nitrogen and oxygen atoms in total. The number of H-pyrrole nitrogens is 1. The van der Waals surface area contributed by atoms with E-state index in [1.807, 2.05) is 0 Å². The second-order valence-corrected chi connectivity index (χ2v) is 5.97. The topological polar surface area (TPSA) is 101 Å². The lowest BCUT2D eigenvalue weighted by Gasteiger charge is -2.09. The number of fused-ring (bicyclic) bond motifs is 1. The molecule has 2 aromatic carbocycles. The molecule has 3 rings (SSSR count). The van der Waals surface area contributed by atoms with Crippen molar-refractivity contribution in [3.8, 4) is 0 Å². The Bertz CT molecular complexity index is 1060. The van der Waals surface area contributed by atoms with E-state index in [9.17, 15) is 14.4 Å². The summed E-state index contributed by atoms with van der Waals surface area (Å²) >= 11 is 5.87. The lowest BCUT2D eigenvalue weighted by atomic mass is 10.1. The molecule has 1 heterocycles. The molecule has 0 atom stereocenters. The summed E-state index contributed by atoms with van der Waals surface area (Å²) in [4.78, 5) is 36.0. The minimum Gasteiger partial charge on any atom is -0.451 e. The number of nitrogens with zero attached hydrogens (tertiary/aromatic N) is 1. The van der Waals surface area contributed by atoms with Crippen LogP contribution in [-0.2, 0) is 9.53 Å². The standard InChI is InChI=1S/C18H14ClN3O4/c1-10-8-11(19)6-7-14(10)20-15(23)9-26-18(25)16-12-4-2-3-5-13(12)17(24)22-21-16/h2-8H,9H2,1H3,(H,20,23)(H,22,24). The van der Waals surface area contributed by atoms with E-state index in [2.05, 4.69) is 15.5 Å². The number of ether oxygens (including phenoxy) is 1. The molecule has 132 valence electrons.